The number of amides is 1. The van der Waals surface area contributed by atoms with Crippen molar-refractivity contribution in [2.45, 2.75) is 32.0 Å². The summed E-state index contributed by atoms with van der Waals surface area (Å²) in [5.74, 6) is 0.469. The first-order valence-electron chi connectivity index (χ1n) is 7.27. The van der Waals surface area contributed by atoms with E-state index in [-0.39, 0.29) is 18.1 Å². The van der Waals surface area contributed by atoms with E-state index in [9.17, 15) is 9.18 Å². The molecule has 2 heterocycles. The van der Waals surface area contributed by atoms with Gasteiger partial charge in [0, 0.05) is 25.6 Å². The van der Waals surface area contributed by atoms with E-state index in [0.717, 1.165) is 5.82 Å². The summed E-state index contributed by atoms with van der Waals surface area (Å²) < 4.78 is 15.5. The minimum Gasteiger partial charge on any atom is -0.333 e. The lowest BCUT2D eigenvalue weighted by molar-refractivity contribution is -0.133. The van der Waals surface area contributed by atoms with Crippen molar-refractivity contribution >= 4 is 5.91 Å². The summed E-state index contributed by atoms with van der Waals surface area (Å²) in [6.07, 6.45) is 2.21. The highest BCUT2D eigenvalue weighted by molar-refractivity contribution is 5.76. The fourth-order valence-corrected chi connectivity index (χ4v) is 2.65. The van der Waals surface area contributed by atoms with E-state index < -0.39 is 6.04 Å². The van der Waals surface area contributed by atoms with Crippen molar-refractivity contribution in [3.05, 3.63) is 47.8 Å². The van der Waals surface area contributed by atoms with Crippen LogP contribution in [0.3, 0.4) is 0 Å². The first-order chi connectivity index (χ1) is 10.6. The van der Waals surface area contributed by atoms with E-state index in [2.05, 4.69) is 10.2 Å². The number of nitrogens with zero attached hydrogens (tertiary/aromatic N) is 4. The number of rotatable bonds is 4. The van der Waals surface area contributed by atoms with Crippen molar-refractivity contribution in [2.75, 3.05) is 6.54 Å². The molecule has 7 heteroatoms. The van der Waals surface area contributed by atoms with Gasteiger partial charge >= 0.3 is 0 Å². The van der Waals surface area contributed by atoms with Crippen LogP contribution >= 0.6 is 0 Å². The average molecular weight is 303 g/mol. The lowest BCUT2D eigenvalue weighted by Gasteiger charge is -2.28. The lowest BCUT2D eigenvalue weighted by Crippen LogP contribution is -2.41. The molecule has 0 saturated carbocycles. The molecule has 1 amide bonds. The fourth-order valence-electron chi connectivity index (χ4n) is 2.65. The van der Waals surface area contributed by atoms with Crippen LogP contribution in [0.15, 0.2) is 30.6 Å². The normalized spacial score (nSPS) is 15.5. The number of carbonyl (C=O) groups excluding carboxylic acids is 1. The van der Waals surface area contributed by atoms with E-state index in [1.165, 1.54) is 6.07 Å². The maximum atomic E-state index is 13.6. The average Bonchev–Trinajstić information content (AvgIpc) is 2.97. The highest BCUT2D eigenvalue weighted by Crippen LogP contribution is 2.13. The number of nitrogens with two attached hydrogens (primary N) is 1. The summed E-state index contributed by atoms with van der Waals surface area (Å²) in [4.78, 5) is 14.0. The van der Waals surface area contributed by atoms with Crippen LogP contribution in [-0.2, 0) is 24.3 Å². The van der Waals surface area contributed by atoms with Gasteiger partial charge in [0.25, 0.3) is 0 Å². The van der Waals surface area contributed by atoms with Gasteiger partial charge in [-0.05, 0) is 18.1 Å². The van der Waals surface area contributed by atoms with Crippen LogP contribution in [0.25, 0.3) is 0 Å². The molecule has 0 aliphatic carbocycles. The van der Waals surface area contributed by atoms with E-state index in [1.54, 1.807) is 29.4 Å². The molecule has 3 rings (SSSR count). The van der Waals surface area contributed by atoms with Gasteiger partial charge in [-0.1, -0.05) is 18.2 Å². The standard InChI is InChI=1S/C15H18FN5O/c16-13-4-2-1-3-11(13)7-12(17)8-15(22)20-5-6-21-10-18-19-14(21)9-20/h1-4,10,12H,5-9,17H2. The van der Waals surface area contributed by atoms with Crippen LogP contribution in [0.2, 0.25) is 0 Å². The molecule has 1 aromatic carbocycles. The molecule has 22 heavy (non-hydrogen) atoms. The molecule has 6 nitrogen and oxygen atoms in total. The van der Waals surface area contributed by atoms with Crippen molar-refractivity contribution in [3.8, 4) is 0 Å². The summed E-state index contributed by atoms with van der Waals surface area (Å²) in [6.45, 7) is 1.76. The third kappa shape index (κ3) is 3.14. The van der Waals surface area contributed by atoms with Crippen LogP contribution in [0.4, 0.5) is 4.39 Å². The molecule has 0 bridgehead atoms. The molecule has 2 N–H and O–H groups in total. The zero-order valence-electron chi connectivity index (χ0n) is 12.2. The number of benzene rings is 1. The second-order valence-electron chi connectivity index (χ2n) is 5.52. The summed E-state index contributed by atoms with van der Waals surface area (Å²) in [6, 6.07) is 6.11. The molecule has 1 aliphatic heterocycles. The van der Waals surface area contributed by atoms with Gasteiger partial charge in [-0.15, -0.1) is 10.2 Å². The quantitative estimate of drug-likeness (QED) is 0.903. The number of hydrogen-bond donors (Lipinski definition) is 1. The topological polar surface area (TPSA) is 77.0 Å². The Hall–Kier alpha value is -2.28. The molecule has 1 atom stereocenters. The van der Waals surface area contributed by atoms with E-state index in [1.807, 2.05) is 4.57 Å². The zero-order chi connectivity index (χ0) is 15.5. The highest BCUT2D eigenvalue weighted by Gasteiger charge is 2.23. The van der Waals surface area contributed by atoms with Gasteiger partial charge in [0.1, 0.15) is 12.1 Å². The van der Waals surface area contributed by atoms with E-state index in [4.69, 9.17) is 5.73 Å². The van der Waals surface area contributed by atoms with Gasteiger partial charge in [-0.25, -0.2) is 4.39 Å². The van der Waals surface area contributed by atoms with Gasteiger partial charge in [0.2, 0.25) is 5.91 Å². The largest absolute Gasteiger partial charge is 0.333 e. The second-order valence-corrected chi connectivity index (χ2v) is 5.52. The predicted octanol–water partition coefficient (Wildman–Crippen LogP) is 0.720. The van der Waals surface area contributed by atoms with E-state index in [0.29, 0.717) is 31.6 Å². The van der Waals surface area contributed by atoms with Crippen LogP contribution in [-0.4, -0.2) is 38.2 Å². The van der Waals surface area contributed by atoms with E-state index >= 15 is 0 Å². The molecular formula is C15H18FN5O. The Balaban J connectivity index is 1.57. The Morgan fingerprint density at radius 3 is 3.00 bits per heavy atom. The van der Waals surface area contributed by atoms with Crippen LogP contribution in [0.5, 0.6) is 0 Å². The monoisotopic (exact) mass is 303 g/mol. The minimum atomic E-state index is -0.399. The van der Waals surface area contributed by atoms with Crippen LogP contribution in [0.1, 0.15) is 17.8 Å². The molecular weight excluding hydrogens is 285 g/mol. The SMILES string of the molecule is NC(CC(=O)N1CCn2cnnc2C1)Cc1ccccc1F. The lowest BCUT2D eigenvalue weighted by atomic mass is 10.0. The van der Waals surface area contributed by atoms with Gasteiger partial charge in [0.05, 0.1) is 6.54 Å². The molecule has 2 aromatic rings. The second kappa shape index (κ2) is 6.23. The maximum Gasteiger partial charge on any atom is 0.224 e. The fraction of sp³-hybridized carbons (Fsp3) is 0.400. The molecule has 0 saturated heterocycles. The number of aromatic nitrogens is 3. The van der Waals surface area contributed by atoms with Crippen LogP contribution < -0.4 is 5.73 Å². The molecule has 1 aromatic heterocycles. The van der Waals surface area contributed by atoms with Gasteiger partial charge in [0.15, 0.2) is 5.82 Å². The minimum absolute atomic E-state index is 0.0295. The molecule has 0 radical (unpaired) electrons. The number of carbonyl (C=O) groups is 1. The molecule has 116 valence electrons. The first-order valence-corrected chi connectivity index (χ1v) is 7.27. The van der Waals surface area contributed by atoms with Gasteiger partial charge in [-0.3, -0.25) is 4.79 Å². The third-order valence-corrected chi connectivity index (χ3v) is 3.87. The summed E-state index contributed by atoms with van der Waals surface area (Å²) in [5, 5.41) is 7.82. The molecule has 1 aliphatic rings. The van der Waals surface area contributed by atoms with Crippen LogP contribution in [0, 0.1) is 5.82 Å². The van der Waals surface area contributed by atoms with Crippen molar-refractivity contribution in [3.63, 3.8) is 0 Å². The number of halogens is 1. The number of fused-ring (bicyclic) bond motifs is 1. The molecule has 0 fully saturated rings. The maximum absolute atomic E-state index is 13.6. The van der Waals surface area contributed by atoms with Crippen molar-refractivity contribution in [1.82, 2.24) is 19.7 Å². The molecule has 1 unspecified atom stereocenters. The Bertz CT molecular complexity index is 671. The van der Waals surface area contributed by atoms with Gasteiger partial charge < -0.3 is 15.2 Å². The zero-order valence-corrected chi connectivity index (χ0v) is 12.2. The van der Waals surface area contributed by atoms with Crippen molar-refractivity contribution < 1.29 is 9.18 Å². The summed E-state index contributed by atoms with van der Waals surface area (Å²) >= 11 is 0. The smallest absolute Gasteiger partial charge is 0.224 e. The number of hydrogen-bond acceptors (Lipinski definition) is 4. The Morgan fingerprint density at radius 1 is 1.36 bits per heavy atom. The summed E-state index contributed by atoms with van der Waals surface area (Å²) in [5.41, 5.74) is 6.55. The Kier molecular flexibility index (Phi) is 4.15. The highest BCUT2D eigenvalue weighted by atomic mass is 19.1. The predicted molar refractivity (Wildman–Crippen MR) is 78.1 cm³/mol. The first kappa shape index (κ1) is 14.6. The van der Waals surface area contributed by atoms with Crippen molar-refractivity contribution in [2.24, 2.45) is 5.73 Å². The third-order valence-electron chi connectivity index (χ3n) is 3.87. The Labute approximate surface area is 127 Å². The summed E-state index contributed by atoms with van der Waals surface area (Å²) in [7, 11) is 0. The Morgan fingerprint density at radius 2 is 2.18 bits per heavy atom. The van der Waals surface area contributed by atoms with Gasteiger partial charge in [-0.2, -0.15) is 0 Å². The van der Waals surface area contributed by atoms with Crippen molar-refractivity contribution in [1.29, 1.82) is 0 Å². The molecule has 0 spiro atoms.